The Kier molecular flexibility index (Phi) is 7.57. The first kappa shape index (κ1) is 28.4. The number of carbonyl (C=O) groups is 1. The smallest absolute Gasteiger partial charge is 0.338 e. The molecule has 1 aliphatic rings. The Hall–Kier alpha value is -5.34. The number of ether oxygens (including phenoxy) is 1. The number of para-hydroxylation sites is 1. The lowest BCUT2D eigenvalue weighted by Gasteiger charge is -2.25. The number of thiazole rings is 1. The molecule has 0 radical (unpaired) electrons. The summed E-state index contributed by atoms with van der Waals surface area (Å²) in [7, 11) is 0. The van der Waals surface area contributed by atoms with Gasteiger partial charge in [-0.1, -0.05) is 102 Å². The fraction of sp³-hybridized carbons (Fsp3) is 0.108. The van der Waals surface area contributed by atoms with Gasteiger partial charge in [-0.15, -0.1) is 0 Å². The molecule has 1 atom stereocenters. The molecule has 0 fully saturated rings. The van der Waals surface area contributed by atoms with Crippen LogP contribution in [-0.4, -0.2) is 21.7 Å². The second-order valence-corrected chi connectivity index (χ2v) is 11.7. The lowest BCUT2D eigenvalue weighted by molar-refractivity contribution is -0.138. The zero-order chi connectivity index (χ0) is 30.9. The molecule has 4 aromatic carbocycles. The topological polar surface area (TPSA) is 65.6 Å². The van der Waals surface area contributed by atoms with Gasteiger partial charge in [-0.25, -0.2) is 14.2 Å². The number of carbonyl (C=O) groups excluding carboxylic acids is 1. The molecule has 0 unspecified atom stereocenters. The summed E-state index contributed by atoms with van der Waals surface area (Å²) in [5.41, 5.74) is 4.79. The van der Waals surface area contributed by atoms with Gasteiger partial charge in [0.15, 0.2) is 4.80 Å². The number of esters is 1. The Bertz CT molecular complexity index is 2250. The number of fused-ring (bicyclic) bond motifs is 2. The van der Waals surface area contributed by atoms with Crippen molar-refractivity contribution in [3.63, 3.8) is 0 Å². The Morgan fingerprint density at radius 1 is 0.933 bits per heavy atom. The summed E-state index contributed by atoms with van der Waals surface area (Å²) in [6.07, 6.45) is 3.96. The van der Waals surface area contributed by atoms with E-state index in [4.69, 9.17) is 9.73 Å². The summed E-state index contributed by atoms with van der Waals surface area (Å²) < 4.78 is 23.8. The molecule has 222 valence electrons. The molecule has 0 bridgehead atoms. The van der Waals surface area contributed by atoms with Gasteiger partial charge in [-0.2, -0.15) is 0 Å². The molecule has 8 heteroatoms. The van der Waals surface area contributed by atoms with Crippen molar-refractivity contribution in [3.8, 4) is 0 Å². The second-order valence-electron chi connectivity index (χ2n) is 10.7. The Balaban J connectivity index is 1.45. The first-order chi connectivity index (χ1) is 22.0. The predicted octanol–water partition coefficient (Wildman–Crippen LogP) is 6.08. The molecule has 0 N–H and O–H groups in total. The normalized spacial score (nSPS) is 14.8. The zero-order valence-corrected chi connectivity index (χ0v) is 25.2. The lowest BCUT2D eigenvalue weighted by atomic mass is 9.93. The molecule has 7 rings (SSSR count). The first-order valence-electron chi connectivity index (χ1n) is 14.7. The van der Waals surface area contributed by atoms with E-state index >= 15 is 0 Å². The zero-order valence-electron chi connectivity index (χ0n) is 24.4. The van der Waals surface area contributed by atoms with Crippen LogP contribution in [0.2, 0.25) is 0 Å². The summed E-state index contributed by atoms with van der Waals surface area (Å²) >= 11 is 1.26. The van der Waals surface area contributed by atoms with Gasteiger partial charge >= 0.3 is 5.97 Å². The van der Waals surface area contributed by atoms with Gasteiger partial charge in [-0.05, 0) is 42.3 Å². The molecule has 1 aliphatic heterocycles. The maximum absolute atomic E-state index is 14.3. The average molecular weight is 614 g/mol. The highest BCUT2D eigenvalue weighted by molar-refractivity contribution is 7.07. The quantitative estimate of drug-likeness (QED) is 0.205. The standard InChI is InChI=1S/C37H28FN3O3S/c1-2-44-36(43)32-33(25-13-7-4-8-14-25)39-37-41(34(32)26-17-19-28(38)20-18-26)35(42)31(45-37)21-27-23-40(22-24-11-5-3-6-12-24)30-16-10-9-15-29(27)30/h3-21,23,34H,2,22H2,1H3/b31-21-/t34-/m1/s1. The Labute approximate surface area is 262 Å². The third-order valence-electron chi connectivity index (χ3n) is 7.86. The largest absolute Gasteiger partial charge is 0.463 e. The van der Waals surface area contributed by atoms with Crippen molar-refractivity contribution in [2.75, 3.05) is 6.61 Å². The summed E-state index contributed by atoms with van der Waals surface area (Å²) in [4.78, 5) is 33.3. The van der Waals surface area contributed by atoms with Crippen molar-refractivity contribution in [2.45, 2.75) is 19.5 Å². The number of benzene rings is 4. The summed E-state index contributed by atoms with van der Waals surface area (Å²) in [6, 6.07) is 32.7. The molecule has 0 saturated carbocycles. The lowest BCUT2D eigenvalue weighted by Crippen LogP contribution is -2.40. The van der Waals surface area contributed by atoms with Crippen LogP contribution in [0.1, 0.15) is 35.2 Å². The molecular weight excluding hydrogens is 585 g/mol. The SMILES string of the molecule is CCOC(=O)C1=C(c2ccccc2)N=c2s/c(=C\c3cn(Cc4ccccc4)c4ccccc34)c(=O)n2[C@@H]1c1ccc(F)cc1. The predicted molar refractivity (Wildman–Crippen MR) is 175 cm³/mol. The van der Waals surface area contributed by atoms with Gasteiger partial charge in [0.1, 0.15) is 5.82 Å². The van der Waals surface area contributed by atoms with Crippen molar-refractivity contribution in [1.29, 1.82) is 0 Å². The van der Waals surface area contributed by atoms with Gasteiger partial charge in [0.05, 0.1) is 28.5 Å². The van der Waals surface area contributed by atoms with Crippen LogP contribution in [0.15, 0.2) is 131 Å². The Morgan fingerprint density at radius 3 is 2.36 bits per heavy atom. The minimum Gasteiger partial charge on any atom is -0.463 e. The van der Waals surface area contributed by atoms with E-state index < -0.39 is 17.8 Å². The minimum atomic E-state index is -0.863. The molecular formula is C37H28FN3O3S. The van der Waals surface area contributed by atoms with Gasteiger partial charge in [-0.3, -0.25) is 9.36 Å². The average Bonchev–Trinajstić information content (AvgIpc) is 3.57. The highest BCUT2D eigenvalue weighted by Gasteiger charge is 2.35. The number of halogens is 1. The minimum absolute atomic E-state index is 0.151. The molecule has 6 aromatic rings. The van der Waals surface area contributed by atoms with E-state index in [1.807, 2.05) is 72.8 Å². The van der Waals surface area contributed by atoms with Crippen LogP contribution in [0.4, 0.5) is 4.39 Å². The molecule has 2 aromatic heterocycles. The van der Waals surface area contributed by atoms with Crippen LogP contribution in [-0.2, 0) is 16.1 Å². The van der Waals surface area contributed by atoms with Crippen LogP contribution < -0.4 is 14.9 Å². The van der Waals surface area contributed by atoms with Crippen LogP contribution >= 0.6 is 11.3 Å². The molecule has 0 amide bonds. The maximum Gasteiger partial charge on any atom is 0.338 e. The third kappa shape index (κ3) is 5.34. The monoisotopic (exact) mass is 613 g/mol. The second kappa shape index (κ2) is 12.0. The van der Waals surface area contributed by atoms with Crippen molar-refractivity contribution < 1.29 is 13.9 Å². The van der Waals surface area contributed by atoms with Gasteiger partial charge in [0, 0.05) is 34.8 Å². The van der Waals surface area contributed by atoms with E-state index in [9.17, 15) is 14.0 Å². The molecule has 3 heterocycles. The van der Waals surface area contributed by atoms with Gasteiger partial charge < -0.3 is 9.30 Å². The van der Waals surface area contributed by atoms with Crippen molar-refractivity contribution in [1.82, 2.24) is 9.13 Å². The number of aromatic nitrogens is 2. The molecule has 0 aliphatic carbocycles. The molecule has 0 spiro atoms. The molecule has 45 heavy (non-hydrogen) atoms. The fourth-order valence-electron chi connectivity index (χ4n) is 5.84. The van der Waals surface area contributed by atoms with Crippen molar-refractivity contribution in [3.05, 3.63) is 169 Å². The maximum atomic E-state index is 14.3. The van der Waals surface area contributed by atoms with Crippen LogP contribution in [0.3, 0.4) is 0 Å². The van der Waals surface area contributed by atoms with E-state index in [1.165, 1.54) is 33.6 Å². The Morgan fingerprint density at radius 2 is 1.62 bits per heavy atom. The first-order valence-corrected chi connectivity index (χ1v) is 15.5. The van der Waals surface area contributed by atoms with Crippen molar-refractivity contribution in [2.24, 2.45) is 4.99 Å². The summed E-state index contributed by atoms with van der Waals surface area (Å²) in [5, 5.41) is 1.02. The van der Waals surface area contributed by atoms with E-state index in [0.29, 0.717) is 32.7 Å². The number of rotatable bonds is 7. The highest BCUT2D eigenvalue weighted by Crippen LogP contribution is 2.35. The fourth-order valence-corrected chi connectivity index (χ4v) is 6.84. The third-order valence-corrected chi connectivity index (χ3v) is 8.84. The van der Waals surface area contributed by atoms with Crippen molar-refractivity contribution >= 4 is 40.0 Å². The highest BCUT2D eigenvalue weighted by atomic mass is 32.1. The summed E-state index contributed by atoms with van der Waals surface area (Å²) in [5.74, 6) is -0.990. The number of nitrogens with zero attached hydrogens (tertiary/aromatic N) is 3. The van der Waals surface area contributed by atoms with E-state index in [0.717, 1.165) is 16.5 Å². The van der Waals surface area contributed by atoms with Crippen LogP contribution in [0.5, 0.6) is 0 Å². The van der Waals surface area contributed by atoms with E-state index in [2.05, 4.69) is 29.0 Å². The van der Waals surface area contributed by atoms with Gasteiger partial charge in [0.25, 0.3) is 5.56 Å². The van der Waals surface area contributed by atoms with E-state index in [-0.39, 0.29) is 17.7 Å². The van der Waals surface area contributed by atoms with Crippen LogP contribution in [0, 0.1) is 5.82 Å². The number of hydrogen-bond acceptors (Lipinski definition) is 5. The molecule has 6 nitrogen and oxygen atoms in total. The van der Waals surface area contributed by atoms with Gasteiger partial charge in [0.2, 0.25) is 0 Å². The molecule has 0 saturated heterocycles. The van der Waals surface area contributed by atoms with Crippen LogP contribution in [0.25, 0.3) is 22.7 Å². The van der Waals surface area contributed by atoms with E-state index in [1.54, 1.807) is 19.1 Å². The summed E-state index contributed by atoms with van der Waals surface area (Å²) in [6.45, 7) is 2.57. The number of hydrogen-bond donors (Lipinski definition) is 0.